The highest BCUT2D eigenvalue weighted by Gasteiger charge is 2.62. The van der Waals surface area contributed by atoms with E-state index in [1.54, 1.807) is 0 Å². The van der Waals surface area contributed by atoms with E-state index in [-0.39, 0.29) is 17.5 Å². The van der Waals surface area contributed by atoms with Crippen molar-refractivity contribution in [1.29, 1.82) is 0 Å². The van der Waals surface area contributed by atoms with E-state index in [1.807, 2.05) is 0 Å². The second-order valence-corrected chi connectivity index (χ2v) is 7.33. The fourth-order valence-corrected chi connectivity index (χ4v) is 4.82. The first kappa shape index (κ1) is 18.7. The van der Waals surface area contributed by atoms with Gasteiger partial charge in [0.2, 0.25) is 0 Å². The minimum Gasteiger partial charge on any atom is -0.312 e. The van der Waals surface area contributed by atoms with Crippen molar-refractivity contribution in [1.82, 2.24) is 4.67 Å². The van der Waals surface area contributed by atoms with Crippen molar-refractivity contribution >= 4 is 7.75 Å². The summed E-state index contributed by atoms with van der Waals surface area (Å²) < 4.78 is 87.2. The highest BCUT2D eigenvalue weighted by atomic mass is 31.2. The molecule has 1 heterocycles. The third-order valence-corrected chi connectivity index (χ3v) is 5.13. The van der Waals surface area contributed by atoms with Crippen LogP contribution in [-0.2, 0) is 4.57 Å². The Morgan fingerprint density at radius 1 is 0.952 bits per heavy atom. The second kappa shape index (κ2) is 5.11. The molecular weight excluding hydrogens is 327 g/mol. The summed E-state index contributed by atoms with van der Waals surface area (Å²) in [7, 11) is -5.30. The highest BCUT2D eigenvalue weighted by Crippen LogP contribution is 2.61. The molecule has 0 bridgehead atoms. The fraction of sp³-hybridized carbons (Fsp3) is 1.00. The van der Waals surface area contributed by atoms with Crippen molar-refractivity contribution < 1.29 is 40.7 Å². The third kappa shape index (κ3) is 4.58. The Balaban J connectivity index is 3.24. The first-order chi connectivity index (χ1) is 8.99. The highest BCUT2D eigenvalue weighted by molar-refractivity contribution is 7.49. The smallest absolute Gasteiger partial charge is 0.312 e. The second-order valence-electron chi connectivity index (χ2n) is 5.90. The van der Waals surface area contributed by atoms with E-state index in [2.05, 4.69) is 0 Å². The van der Waals surface area contributed by atoms with Gasteiger partial charge in [-0.05, 0) is 26.7 Å². The summed E-state index contributed by atoms with van der Waals surface area (Å²) in [6.07, 6.45) is -13.4. The molecule has 126 valence electrons. The predicted octanol–water partition coefficient (Wildman–Crippen LogP) is 3.60. The Kier molecular flexibility index (Phi) is 4.56. The molecule has 0 saturated carbocycles. The number of hydrogen-bond donors (Lipinski definition) is 2. The molecule has 0 spiro atoms. The molecule has 2 N–H and O–H groups in total. The molecule has 0 aromatic carbocycles. The van der Waals surface area contributed by atoms with Gasteiger partial charge in [0.05, 0.1) is 12.8 Å². The van der Waals surface area contributed by atoms with Gasteiger partial charge >= 0.3 is 20.1 Å². The normalized spacial score (nSPS) is 32.7. The molecule has 0 amide bonds. The Morgan fingerprint density at radius 2 is 1.24 bits per heavy atom. The van der Waals surface area contributed by atoms with Gasteiger partial charge in [-0.1, -0.05) is 0 Å². The number of halogens is 6. The quantitative estimate of drug-likeness (QED) is 0.607. The van der Waals surface area contributed by atoms with E-state index in [0.29, 0.717) is 0 Å². The van der Waals surface area contributed by atoms with E-state index in [4.69, 9.17) is 0 Å². The zero-order chi connectivity index (χ0) is 16.9. The van der Waals surface area contributed by atoms with Crippen LogP contribution in [0.5, 0.6) is 0 Å². The lowest BCUT2D eigenvalue weighted by Gasteiger charge is -2.43. The van der Waals surface area contributed by atoms with Crippen LogP contribution in [0.3, 0.4) is 0 Å². The van der Waals surface area contributed by atoms with E-state index in [0.717, 1.165) is 13.8 Å². The van der Waals surface area contributed by atoms with Gasteiger partial charge in [0, 0.05) is 11.1 Å². The molecular formula is C10H16F6NO3P. The Bertz CT molecular complexity index is 417. The van der Waals surface area contributed by atoms with Gasteiger partial charge in [-0.15, -0.1) is 0 Å². The average Bonchev–Trinajstić information content (AvgIpc) is 2.28. The van der Waals surface area contributed by atoms with Crippen molar-refractivity contribution in [3.05, 3.63) is 0 Å². The maximum Gasteiger partial charge on any atom is 0.404 e. The monoisotopic (exact) mass is 343 g/mol. The van der Waals surface area contributed by atoms with Crippen LogP contribution in [0.25, 0.3) is 0 Å². The summed E-state index contributed by atoms with van der Waals surface area (Å²) in [5.74, 6) is 0. The van der Waals surface area contributed by atoms with Crippen LogP contribution in [0.4, 0.5) is 26.3 Å². The molecule has 4 nitrogen and oxygen atoms in total. The van der Waals surface area contributed by atoms with E-state index in [9.17, 15) is 40.7 Å². The average molecular weight is 343 g/mol. The van der Waals surface area contributed by atoms with E-state index >= 15 is 0 Å². The summed E-state index contributed by atoms with van der Waals surface area (Å²) in [6, 6.07) is 0. The largest absolute Gasteiger partial charge is 0.404 e. The molecule has 1 rings (SSSR count). The van der Waals surface area contributed by atoms with Crippen molar-refractivity contribution in [2.24, 2.45) is 0 Å². The van der Waals surface area contributed by atoms with Gasteiger partial charge in [0.1, 0.15) is 0 Å². The van der Waals surface area contributed by atoms with Gasteiger partial charge in [-0.3, -0.25) is 0 Å². The van der Waals surface area contributed by atoms with Gasteiger partial charge in [-0.25, -0.2) is 4.57 Å². The van der Waals surface area contributed by atoms with Crippen LogP contribution < -0.4 is 0 Å². The predicted molar refractivity (Wildman–Crippen MR) is 61.3 cm³/mol. The van der Waals surface area contributed by atoms with Crippen LogP contribution in [0.2, 0.25) is 0 Å². The lowest BCUT2D eigenvalue weighted by Crippen LogP contribution is -2.52. The van der Waals surface area contributed by atoms with E-state index < -0.39 is 44.0 Å². The first-order valence-electron chi connectivity index (χ1n) is 5.99. The molecule has 2 unspecified atom stereocenters. The Labute approximate surface area is 117 Å². The van der Waals surface area contributed by atoms with E-state index in [1.165, 1.54) is 0 Å². The molecule has 1 aliphatic rings. The van der Waals surface area contributed by atoms with Gasteiger partial charge in [0.15, 0.2) is 0 Å². The maximum atomic E-state index is 12.6. The molecule has 2 atom stereocenters. The molecule has 11 heteroatoms. The number of rotatable bonds is 3. The molecule has 1 aliphatic heterocycles. The topological polar surface area (TPSA) is 60.8 Å². The minimum absolute atomic E-state index is 0.105. The number of alkyl halides is 6. The van der Waals surface area contributed by atoms with Crippen LogP contribution in [0.15, 0.2) is 0 Å². The van der Waals surface area contributed by atoms with Crippen LogP contribution in [-0.4, -0.2) is 37.9 Å². The Morgan fingerprint density at radius 3 is 1.43 bits per heavy atom. The van der Waals surface area contributed by atoms with Crippen molar-refractivity contribution in [2.45, 2.75) is 63.0 Å². The summed E-state index contributed by atoms with van der Waals surface area (Å²) in [4.78, 5) is 18.6. The molecule has 21 heavy (non-hydrogen) atoms. The zero-order valence-corrected chi connectivity index (χ0v) is 12.2. The summed E-state index contributed by atoms with van der Waals surface area (Å²) in [5.41, 5.74) is -4.14. The van der Waals surface area contributed by atoms with Crippen LogP contribution >= 0.6 is 7.75 Å². The minimum atomic E-state index is -5.30. The Hall–Kier alpha value is -0.310. The molecule has 0 radical (unpaired) electrons. The summed E-state index contributed by atoms with van der Waals surface area (Å²) in [6.45, 7) is 1.86. The summed E-state index contributed by atoms with van der Waals surface area (Å²) in [5, 5.41) is 0. The molecule has 0 aromatic heterocycles. The number of hydrogen-bond acceptors (Lipinski definition) is 1. The zero-order valence-electron chi connectivity index (χ0n) is 11.3. The number of nitrogens with zero attached hydrogens (tertiary/aromatic N) is 1. The van der Waals surface area contributed by atoms with Gasteiger partial charge in [-0.2, -0.15) is 31.0 Å². The standard InChI is InChI=1S/C10H16F6NO3P/c1-7(5-9(11,12)13)3-4-8(2,6-10(14,15)16)17(7)21(18,19)20/h3-6H2,1-2H3,(H2,18,19,20). The maximum absolute atomic E-state index is 12.6. The third-order valence-electron chi connectivity index (χ3n) is 3.65. The first-order valence-corrected chi connectivity index (χ1v) is 7.55. The molecule has 1 fully saturated rings. The van der Waals surface area contributed by atoms with Crippen molar-refractivity contribution in [3.63, 3.8) is 0 Å². The van der Waals surface area contributed by atoms with Gasteiger partial charge in [0.25, 0.3) is 0 Å². The summed E-state index contributed by atoms with van der Waals surface area (Å²) >= 11 is 0. The molecule has 1 saturated heterocycles. The lowest BCUT2D eigenvalue weighted by atomic mass is 9.94. The molecule has 0 aliphatic carbocycles. The van der Waals surface area contributed by atoms with Crippen LogP contribution in [0, 0.1) is 0 Å². The molecule has 0 aromatic rings. The fourth-order valence-electron chi connectivity index (χ4n) is 3.22. The van der Waals surface area contributed by atoms with Gasteiger partial charge < -0.3 is 9.79 Å². The van der Waals surface area contributed by atoms with Crippen LogP contribution in [0.1, 0.15) is 39.5 Å². The van der Waals surface area contributed by atoms with Crippen molar-refractivity contribution in [2.75, 3.05) is 0 Å². The SMILES string of the molecule is CC1(CC(F)(F)F)CCC(C)(CC(F)(F)F)N1P(=O)(O)O. The van der Waals surface area contributed by atoms with Crippen molar-refractivity contribution in [3.8, 4) is 0 Å². The lowest BCUT2D eigenvalue weighted by molar-refractivity contribution is -0.168.